The van der Waals surface area contributed by atoms with E-state index in [1.54, 1.807) is 6.07 Å². The second-order valence-corrected chi connectivity index (χ2v) is 3.07. The first-order valence-corrected chi connectivity index (χ1v) is 5.37. The lowest BCUT2D eigenvalue weighted by atomic mass is 10.2. The SMILES string of the molecule is CCOc1ccc(F)cc1C#CCBr. The van der Waals surface area contributed by atoms with E-state index in [9.17, 15) is 4.39 Å². The molecule has 0 heterocycles. The smallest absolute Gasteiger partial charge is 0.135 e. The summed E-state index contributed by atoms with van der Waals surface area (Å²) >= 11 is 3.18. The van der Waals surface area contributed by atoms with Gasteiger partial charge in [0.05, 0.1) is 17.5 Å². The van der Waals surface area contributed by atoms with E-state index in [0.29, 0.717) is 23.2 Å². The van der Waals surface area contributed by atoms with Crippen molar-refractivity contribution in [2.24, 2.45) is 0 Å². The maximum absolute atomic E-state index is 12.9. The van der Waals surface area contributed by atoms with Crippen molar-refractivity contribution in [2.45, 2.75) is 6.92 Å². The van der Waals surface area contributed by atoms with Crippen LogP contribution in [0.5, 0.6) is 5.75 Å². The number of hydrogen-bond acceptors (Lipinski definition) is 1. The van der Waals surface area contributed by atoms with Crippen LogP contribution in [0, 0.1) is 17.7 Å². The van der Waals surface area contributed by atoms with Crippen LogP contribution in [0.3, 0.4) is 0 Å². The molecule has 0 aliphatic carbocycles. The van der Waals surface area contributed by atoms with Crippen molar-refractivity contribution in [3.8, 4) is 17.6 Å². The highest BCUT2D eigenvalue weighted by atomic mass is 79.9. The lowest BCUT2D eigenvalue weighted by molar-refractivity contribution is 0.338. The van der Waals surface area contributed by atoms with Gasteiger partial charge in [0.1, 0.15) is 11.6 Å². The number of benzene rings is 1. The molecule has 0 fully saturated rings. The Hall–Kier alpha value is -1.01. The van der Waals surface area contributed by atoms with Crippen molar-refractivity contribution in [1.29, 1.82) is 0 Å². The van der Waals surface area contributed by atoms with E-state index in [2.05, 4.69) is 27.8 Å². The van der Waals surface area contributed by atoms with Crippen molar-refractivity contribution in [3.05, 3.63) is 29.6 Å². The van der Waals surface area contributed by atoms with Crippen LogP contribution < -0.4 is 4.74 Å². The standard InChI is InChI=1S/C11H10BrFO/c1-2-14-11-6-5-10(13)8-9(11)4-3-7-12/h5-6,8H,2,7H2,1H3. The van der Waals surface area contributed by atoms with Gasteiger partial charge >= 0.3 is 0 Å². The third-order valence-corrected chi connectivity index (χ3v) is 1.81. The molecule has 3 heteroatoms. The summed E-state index contributed by atoms with van der Waals surface area (Å²) in [5.41, 5.74) is 0.589. The molecule has 0 spiro atoms. The Morgan fingerprint density at radius 3 is 2.93 bits per heavy atom. The molecular formula is C11H10BrFO. The predicted molar refractivity (Wildman–Crippen MR) is 58.2 cm³/mol. The number of ether oxygens (including phenoxy) is 1. The monoisotopic (exact) mass is 256 g/mol. The molecule has 1 nitrogen and oxygen atoms in total. The molecule has 14 heavy (non-hydrogen) atoms. The van der Waals surface area contributed by atoms with Crippen LogP contribution in [0.4, 0.5) is 4.39 Å². The number of halogens is 2. The summed E-state index contributed by atoms with van der Waals surface area (Å²) < 4.78 is 18.2. The van der Waals surface area contributed by atoms with Crippen LogP contribution in [0.25, 0.3) is 0 Å². The van der Waals surface area contributed by atoms with E-state index in [4.69, 9.17) is 4.74 Å². The van der Waals surface area contributed by atoms with E-state index in [0.717, 1.165) is 0 Å². The highest BCUT2D eigenvalue weighted by Gasteiger charge is 2.01. The molecule has 0 bridgehead atoms. The average molecular weight is 257 g/mol. The molecule has 0 saturated heterocycles. The normalized spacial score (nSPS) is 9.07. The van der Waals surface area contributed by atoms with E-state index >= 15 is 0 Å². The summed E-state index contributed by atoms with van der Waals surface area (Å²) in [6.45, 7) is 2.43. The zero-order valence-corrected chi connectivity index (χ0v) is 9.40. The highest BCUT2D eigenvalue weighted by Crippen LogP contribution is 2.18. The molecular weight excluding hydrogens is 247 g/mol. The van der Waals surface area contributed by atoms with Gasteiger partial charge in [-0.25, -0.2) is 4.39 Å². The zero-order valence-electron chi connectivity index (χ0n) is 7.81. The molecule has 1 rings (SSSR count). The molecule has 0 saturated carbocycles. The van der Waals surface area contributed by atoms with Crippen molar-refractivity contribution in [3.63, 3.8) is 0 Å². The molecule has 0 amide bonds. The third-order valence-electron chi connectivity index (χ3n) is 1.53. The molecule has 0 N–H and O–H groups in total. The Labute approximate surface area is 91.4 Å². The van der Waals surface area contributed by atoms with Crippen molar-refractivity contribution in [2.75, 3.05) is 11.9 Å². The highest BCUT2D eigenvalue weighted by molar-refractivity contribution is 9.09. The first-order chi connectivity index (χ1) is 6.77. The van der Waals surface area contributed by atoms with Gasteiger partial charge in [-0.05, 0) is 25.1 Å². The maximum atomic E-state index is 12.9. The second-order valence-electron chi connectivity index (χ2n) is 2.51. The minimum Gasteiger partial charge on any atom is -0.493 e. The Kier molecular flexibility index (Phi) is 4.48. The van der Waals surface area contributed by atoms with Gasteiger partial charge in [0.2, 0.25) is 0 Å². The van der Waals surface area contributed by atoms with Gasteiger partial charge in [-0.15, -0.1) is 0 Å². The zero-order chi connectivity index (χ0) is 10.4. The van der Waals surface area contributed by atoms with Crippen molar-refractivity contribution >= 4 is 15.9 Å². The van der Waals surface area contributed by atoms with Gasteiger partial charge in [-0.2, -0.15) is 0 Å². The minimum absolute atomic E-state index is 0.299. The van der Waals surface area contributed by atoms with Gasteiger partial charge in [0, 0.05) is 0 Å². The fourth-order valence-electron chi connectivity index (χ4n) is 1.01. The lowest BCUT2D eigenvalue weighted by Gasteiger charge is -2.04. The number of hydrogen-bond donors (Lipinski definition) is 0. The van der Waals surface area contributed by atoms with Gasteiger partial charge in [0.15, 0.2) is 0 Å². The summed E-state index contributed by atoms with van der Waals surface area (Å²) in [6.07, 6.45) is 0. The summed E-state index contributed by atoms with van der Waals surface area (Å²) in [7, 11) is 0. The molecule has 0 atom stereocenters. The van der Waals surface area contributed by atoms with Crippen LogP contribution in [0.2, 0.25) is 0 Å². The molecule has 0 radical (unpaired) electrons. The van der Waals surface area contributed by atoms with Crippen molar-refractivity contribution < 1.29 is 9.13 Å². The van der Waals surface area contributed by atoms with E-state index < -0.39 is 0 Å². The lowest BCUT2D eigenvalue weighted by Crippen LogP contribution is -1.94. The predicted octanol–water partition coefficient (Wildman–Crippen LogP) is 2.97. The van der Waals surface area contributed by atoms with Gasteiger partial charge < -0.3 is 4.74 Å². The first kappa shape index (κ1) is 11.1. The first-order valence-electron chi connectivity index (χ1n) is 4.25. The third kappa shape index (κ3) is 3.04. The molecule has 0 unspecified atom stereocenters. The van der Waals surface area contributed by atoms with E-state index in [1.165, 1.54) is 12.1 Å². The topological polar surface area (TPSA) is 9.23 Å². The fraction of sp³-hybridized carbons (Fsp3) is 0.273. The van der Waals surface area contributed by atoms with Crippen LogP contribution in [0.15, 0.2) is 18.2 Å². The Balaban J connectivity index is 3.02. The second kappa shape index (κ2) is 5.66. The quantitative estimate of drug-likeness (QED) is 0.584. The summed E-state index contributed by atoms with van der Waals surface area (Å²) in [6, 6.07) is 4.34. The van der Waals surface area contributed by atoms with E-state index in [-0.39, 0.29) is 5.82 Å². The van der Waals surface area contributed by atoms with Crippen molar-refractivity contribution in [1.82, 2.24) is 0 Å². The maximum Gasteiger partial charge on any atom is 0.135 e. The molecule has 74 valence electrons. The molecule has 1 aromatic carbocycles. The minimum atomic E-state index is -0.299. The van der Waals surface area contributed by atoms with Gasteiger partial charge in [-0.3, -0.25) is 0 Å². The van der Waals surface area contributed by atoms with Crippen LogP contribution in [0.1, 0.15) is 12.5 Å². The molecule has 0 aromatic heterocycles. The fourth-order valence-corrected chi connectivity index (χ4v) is 1.15. The largest absolute Gasteiger partial charge is 0.493 e. The number of alkyl halides is 1. The average Bonchev–Trinajstić information content (AvgIpc) is 2.18. The molecule has 0 aliphatic heterocycles. The Morgan fingerprint density at radius 2 is 2.29 bits per heavy atom. The van der Waals surface area contributed by atoms with Gasteiger partial charge in [0.25, 0.3) is 0 Å². The van der Waals surface area contributed by atoms with Gasteiger partial charge in [-0.1, -0.05) is 27.8 Å². The molecule has 0 aliphatic rings. The Bertz CT molecular complexity index is 365. The summed E-state index contributed by atoms with van der Waals surface area (Å²) in [5.74, 6) is 5.97. The van der Waals surface area contributed by atoms with Crippen LogP contribution >= 0.6 is 15.9 Å². The Morgan fingerprint density at radius 1 is 1.50 bits per heavy atom. The molecule has 1 aromatic rings. The summed E-state index contributed by atoms with van der Waals surface area (Å²) in [5, 5.41) is 0.565. The van der Waals surface area contributed by atoms with Crippen LogP contribution in [-0.4, -0.2) is 11.9 Å². The number of rotatable bonds is 2. The van der Waals surface area contributed by atoms with E-state index in [1.807, 2.05) is 6.92 Å². The summed E-state index contributed by atoms with van der Waals surface area (Å²) in [4.78, 5) is 0. The van der Waals surface area contributed by atoms with Crippen LogP contribution in [-0.2, 0) is 0 Å².